The van der Waals surface area contributed by atoms with Crippen molar-refractivity contribution in [1.29, 1.82) is 0 Å². The average molecular weight is 309 g/mol. The van der Waals surface area contributed by atoms with E-state index in [0.717, 1.165) is 25.9 Å². The van der Waals surface area contributed by atoms with Crippen molar-refractivity contribution in [3.63, 3.8) is 0 Å². The Balaban J connectivity index is 1.90. The molecule has 22 heavy (non-hydrogen) atoms. The first-order valence-corrected chi connectivity index (χ1v) is 7.82. The Morgan fingerprint density at radius 3 is 2.41 bits per heavy atom. The first kappa shape index (κ1) is 16.7. The number of aliphatic carboxylic acids is 1. The highest BCUT2D eigenvalue weighted by atomic mass is 19.1. The van der Waals surface area contributed by atoms with Crippen LogP contribution in [0.25, 0.3) is 0 Å². The van der Waals surface area contributed by atoms with E-state index in [4.69, 9.17) is 4.74 Å². The van der Waals surface area contributed by atoms with Crippen LogP contribution in [0.1, 0.15) is 26.7 Å². The molecule has 1 heterocycles. The molecular formula is C17H24FNO3. The van der Waals surface area contributed by atoms with Crippen molar-refractivity contribution in [3.05, 3.63) is 30.1 Å². The van der Waals surface area contributed by atoms with E-state index in [1.165, 1.54) is 24.3 Å². The van der Waals surface area contributed by atoms with Crippen molar-refractivity contribution in [1.82, 2.24) is 4.90 Å². The lowest BCUT2D eigenvalue weighted by Gasteiger charge is -2.36. The molecule has 1 aliphatic heterocycles. The van der Waals surface area contributed by atoms with Gasteiger partial charge in [-0.2, -0.15) is 0 Å². The number of benzene rings is 1. The molecule has 0 amide bonds. The molecule has 2 rings (SSSR count). The fourth-order valence-corrected chi connectivity index (χ4v) is 2.96. The molecule has 0 radical (unpaired) electrons. The van der Waals surface area contributed by atoms with E-state index in [2.05, 4.69) is 18.7 Å². The fourth-order valence-electron chi connectivity index (χ4n) is 2.96. The van der Waals surface area contributed by atoms with Crippen LogP contribution >= 0.6 is 0 Å². The maximum Gasteiger partial charge on any atom is 0.310 e. The smallest absolute Gasteiger partial charge is 0.310 e. The van der Waals surface area contributed by atoms with Crippen molar-refractivity contribution < 1.29 is 19.0 Å². The van der Waals surface area contributed by atoms with Crippen molar-refractivity contribution in [2.45, 2.75) is 32.7 Å². The van der Waals surface area contributed by atoms with Gasteiger partial charge < -0.3 is 14.7 Å². The number of carbonyl (C=O) groups is 1. The number of hydrogen-bond acceptors (Lipinski definition) is 3. The summed E-state index contributed by atoms with van der Waals surface area (Å²) in [6, 6.07) is 6.17. The summed E-state index contributed by atoms with van der Waals surface area (Å²) in [7, 11) is 0. The summed E-state index contributed by atoms with van der Waals surface area (Å²) < 4.78 is 18.4. The molecule has 1 aromatic carbocycles. The highest BCUT2D eigenvalue weighted by molar-refractivity contribution is 5.70. The molecule has 0 saturated carbocycles. The number of nitrogens with zero attached hydrogens (tertiary/aromatic N) is 1. The standard InChI is InChI=1S/C17H24FNO3/c1-12(2)19-9-7-13(8-10-19)16(17(20)21)11-22-15-5-3-14(18)4-6-15/h3-6,12-13,16H,7-11H2,1-2H3,(H,20,21). The maximum absolute atomic E-state index is 12.9. The topological polar surface area (TPSA) is 49.8 Å². The number of likely N-dealkylation sites (tertiary alicyclic amines) is 1. The predicted molar refractivity (Wildman–Crippen MR) is 82.5 cm³/mol. The number of ether oxygens (including phenoxy) is 1. The molecule has 1 aliphatic rings. The predicted octanol–water partition coefficient (Wildman–Crippen LogP) is 3.03. The van der Waals surface area contributed by atoms with Crippen molar-refractivity contribution in [2.75, 3.05) is 19.7 Å². The maximum atomic E-state index is 12.9. The van der Waals surface area contributed by atoms with Crippen molar-refractivity contribution >= 4 is 5.97 Å². The minimum atomic E-state index is -0.815. The van der Waals surface area contributed by atoms with Crippen LogP contribution in [0.15, 0.2) is 24.3 Å². The van der Waals surface area contributed by atoms with Gasteiger partial charge in [0.1, 0.15) is 18.2 Å². The molecule has 1 atom stereocenters. The largest absolute Gasteiger partial charge is 0.493 e. The quantitative estimate of drug-likeness (QED) is 0.877. The Hall–Kier alpha value is -1.62. The van der Waals surface area contributed by atoms with Gasteiger partial charge in [-0.25, -0.2) is 4.39 Å². The number of carboxylic acid groups (broad SMARTS) is 1. The second-order valence-corrected chi connectivity index (χ2v) is 6.18. The third-order valence-corrected chi connectivity index (χ3v) is 4.43. The molecule has 122 valence electrons. The summed E-state index contributed by atoms with van der Waals surface area (Å²) >= 11 is 0. The molecule has 0 bridgehead atoms. The van der Waals surface area contributed by atoms with E-state index in [0.29, 0.717) is 11.8 Å². The Morgan fingerprint density at radius 2 is 1.91 bits per heavy atom. The van der Waals surface area contributed by atoms with Gasteiger partial charge in [0.25, 0.3) is 0 Å². The van der Waals surface area contributed by atoms with Gasteiger partial charge in [0.15, 0.2) is 0 Å². The Labute approximate surface area is 130 Å². The number of hydrogen-bond donors (Lipinski definition) is 1. The average Bonchev–Trinajstić information content (AvgIpc) is 2.49. The molecule has 5 heteroatoms. The zero-order chi connectivity index (χ0) is 16.1. The Bertz CT molecular complexity index is 481. The van der Waals surface area contributed by atoms with E-state index in [-0.39, 0.29) is 18.3 Å². The lowest BCUT2D eigenvalue weighted by Crippen LogP contribution is -2.42. The number of rotatable bonds is 6. The second-order valence-electron chi connectivity index (χ2n) is 6.18. The van der Waals surface area contributed by atoms with Crippen LogP contribution in [0.3, 0.4) is 0 Å². The van der Waals surface area contributed by atoms with Crippen molar-refractivity contribution in [2.24, 2.45) is 11.8 Å². The van der Waals surface area contributed by atoms with Gasteiger partial charge in [0.2, 0.25) is 0 Å². The summed E-state index contributed by atoms with van der Waals surface area (Å²) in [4.78, 5) is 13.9. The van der Waals surface area contributed by atoms with Crippen LogP contribution in [0.4, 0.5) is 4.39 Å². The molecule has 1 aromatic rings. The zero-order valence-corrected chi connectivity index (χ0v) is 13.2. The highest BCUT2D eigenvalue weighted by Crippen LogP contribution is 2.27. The van der Waals surface area contributed by atoms with E-state index in [9.17, 15) is 14.3 Å². The van der Waals surface area contributed by atoms with E-state index in [1.807, 2.05) is 0 Å². The van der Waals surface area contributed by atoms with Gasteiger partial charge in [-0.05, 0) is 70.0 Å². The van der Waals surface area contributed by atoms with Gasteiger partial charge in [0.05, 0.1) is 5.92 Å². The Morgan fingerprint density at radius 1 is 1.32 bits per heavy atom. The third-order valence-electron chi connectivity index (χ3n) is 4.43. The minimum Gasteiger partial charge on any atom is -0.493 e. The summed E-state index contributed by atoms with van der Waals surface area (Å²) in [5.41, 5.74) is 0. The number of carboxylic acids is 1. The summed E-state index contributed by atoms with van der Waals surface area (Å²) in [6.07, 6.45) is 1.75. The van der Waals surface area contributed by atoms with Gasteiger partial charge in [0, 0.05) is 6.04 Å². The van der Waals surface area contributed by atoms with Gasteiger partial charge in [-0.15, -0.1) is 0 Å². The van der Waals surface area contributed by atoms with Crippen LogP contribution in [-0.4, -0.2) is 41.7 Å². The molecular weight excluding hydrogens is 285 g/mol. The van der Waals surface area contributed by atoms with Crippen LogP contribution in [0, 0.1) is 17.7 Å². The molecule has 1 fully saturated rings. The lowest BCUT2D eigenvalue weighted by atomic mass is 9.84. The molecule has 0 aliphatic carbocycles. The zero-order valence-electron chi connectivity index (χ0n) is 13.2. The first-order chi connectivity index (χ1) is 10.5. The fraction of sp³-hybridized carbons (Fsp3) is 0.588. The van der Waals surface area contributed by atoms with Gasteiger partial charge in [-0.1, -0.05) is 0 Å². The van der Waals surface area contributed by atoms with Gasteiger partial charge >= 0.3 is 5.97 Å². The van der Waals surface area contributed by atoms with Gasteiger partial charge in [-0.3, -0.25) is 4.79 Å². The van der Waals surface area contributed by atoms with E-state index in [1.54, 1.807) is 0 Å². The number of piperidine rings is 1. The third kappa shape index (κ3) is 4.44. The second kappa shape index (κ2) is 7.58. The molecule has 1 saturated heterocycles. The van der Waals surface area contributed by atoms with Crippen LogP contribution in [-0.2, 0) is 4.79 Å². The molecule has 0 aromatic heterocycles. The number of halogens is 1. The summed E-state index contributed by atoms with van der Waals surface area (Å²) in [6.45, 7) is 6.32. The monoisotopic (exact) mass is 309 g/mol. The van der Waals surface area contributed by atoms with Crippen LogP contribution in [0.5, 0.6) is 5.75 Å². The molecule has 1 N–H and O–H groups in total. The van der Waals surface area contributed by atoms with E-state index >= 15 is 0 Å². The Kier molecular flexibility index (Phi) is 5.77. The normalized spacial score (nSPS) is 18.4. The first-order valence-electron chi connectivity index (χ1n) is 7.82. The molecule has 4 nitrogen and oxygen atoms in total. The molecule has 1 unspecified atom stereocenters. The lowest BCUT2D eigenvalue weighted by molar-refractivity contribution is -0.145. The van der Waals surface area contributed by atoms with Crippen LogP contribution in [0.2, 0.25) is 0 Å². The van der Waals surface area contributed by atoms with Crippen LogP contribution < -0.4 is 4.74 Å². The molecule has 0 spiro atoms. The van der Waals surface area contributed by atoms with Crippen molar-refractivity contribution in [3.8, 4) is 5.75 Å². The SMILES string of the molecule is CC(C)N1CCC(C(COc2ccc(F)cc2)C(=O)O)CC1. The summed E-state index contributed by atoms with van der Waals surface area (Å²) in [5.74, 6) is -1.02. The highest BCUT2D eigenvalue weighted by Gasteiger charge is 2.32. The summed E-state index contributed by atoms with van der Waals surface area (Å²) in [5, 5.41) is 9.47. The van der Waals surface area contributed by atoms with E-state index < -0.39 is 11.9 Å². The minimum absolute atomic E-state index is 0.132.